The number of anilines is 1. The molecule has 0 amide bonds. The Morgan fingerprint density at radius 2 is 1.69 bits per heavy atom. The van der Waals surface area contributed by atoms with E-state index in [0.717, 1.165) is 12.1 Å². The third kappa shape index (κ3) is 4.06. The Bertz CT molecular complexity index is 280. The van der Waals surface area contributed by atoms with Crippen molar-refractivity contribution in [1.82, 2.24) is 0 Å². The van der Waals surface area contributed by atoms with Crippen LogP contribution in [0, 0.1) is 37.7 Å². The third-order valence-electron chi connectivity index (χ3n) is 1.25. The Morgan fingerprint density at radius 3 is 2.08 bits per heavy atom. The van der Waals surface area contributed by atoms with Crippen molar-refractivity contribution in [2.24, 2.45) is 0 Å². The number of alkyl halides is 3. The predicted octanol–water partition coefficient (Wildman–Crippen LogP) is 3.05. The zero-order chi connectivity index (χ0) is 9.35. The smallest absolute Gasteiger partial charge is 0.399 e. The van der Waals surface area contributed by atoms with Gasteiger partial charge in [-0.15, -0.1) is 0 Å². The molecule has 0 saturated carbocycles. The SMILES string of the molecule is Nc1cc(Br)cc(C(F)(F)F)c1.[Ar]. The second-order valence-electron chi connectivity index (χ2n) is 2.27. The van der Waals surface area contributed by atoms with E-state index in [-0.39, 0.29) is 43.4 Å². The molecule has 13 heavy (non-hydrogen) atoms. The molecule has 2 N–H and O–H groups in total. The van der Waals surface area contributed by atoms with E-state index in [2.05, 4.69) is 15.9 Å². The summed E-state index contributed by atoms with van der Waals surface area (Å²) in [5.74, 6) is 0. The summed E-state index contributed by atoms with van der Waals surface area (Å²) in [6, 6.07) is 3.29. The van der Waals surface area contributed by atoms with Gasteiger partial charge in [0.1, 0.15) is 0 Å². The summed E-state index contributed by atoms with van der Waals surface area (Å²) in [4.78, 5) is 0. The number of benzene rings is 1. The molecule has 1 aromatic carbocycles. The van der Waals surface area contributed by atoms with Crippen molar-refractivity contribution in [3.05, 3.63) is 28.2 Å². The van der Waals surface area contributed by atoms with Gasteiger partial charge in [-0.25, -0.2) is 0 Å². The number of hydrogen-bond acceptors (Lipinski definition) is 1. The Kier molecular flexibility index (Phi) is 5.07. The minimum absolute atomic E-state index is 0. The van der Waals surface area contributed by atoms with Crippen molar-refractivity contribution >= 4 is 21.6 Å². The average molecular weight is 280 g/mol. The molecular weight excluding hydrogens is 275 g/mol. The van der Waals surface area contributed by atoms with Crippen molar-refractivity contribution in [1.29, 1.82) is 0 Å². The molecule has 6 heteroatoms. The van der Waals surface area contributed by atoms with Gasteiger partial charge in [-0.1, -0.05) is 15.9 Å². The van der Waals surface area contributed by atoms with Crippen LogP contribution in [0.15, 0.2) is 22.7 Å². The van der Waals surface area contributed by atoms with Gasteiger partial charge in [0.2, 0.25) is 0 Å². The zero-order valence-corrected chi connectivity index (χ0v) is 8.47. The predicted molar refractivity (Wildman–Crippen MR) is 43.6 cm³/mol. The molecule has 0 bridgehead atoms. The van der Waals surface area contributed by atoms with Gasteiger partial charge in [0.15, 0.2) is 0 Å². The van der Waals surface area contributed by atoms with Crippen molar-refractivity contribution in [3.8, 4) is 0 Å². The molecule has 0 saturated heterocycles. The molecule has 0 spiro atoms. The van der Waals surface area contributed by atoms with Crippen LogP contribution in [0.1, 0.15) is 5.56 Å². The normalized spacial score (nSPS) is 10.8. The van der Waals surface area contributed by atoms with Crippen LogP contribution in [-0.2, 0) is 6.18 Å². The van der Waals surface area contributed by atoms with E-state index in [1.807, 2.05) is 0 Å². The molecule has 0 heterocycles. The number of rotatable bonds is 0. The first-order valence-corrected chi connectivity index (χ1v) is 3.82. The van der Waals surface area contributed by atoms with E-state index in [1.165, 1.54) is 6.07 Å². The minimum Gasteiger partial charge on any atom is -0.399 e. The Morgan fingerprint density at radius 1 is 1.15 bits per heavy atom. The van der Waals surface area contributed by atoms with Crippen molar-refractivity contribution in [2.75, 3.05) is 5.73 Å². The van der Waals surface area contributed by atoms with Gasteiger partial charge in [-0.3, -0.25) is 0 Å². The second-order valence-corrected chi connectivity index (χ2v) is 3.19. The summed E-state index contributed by atoms with van der Waals surface area (Å²) >= 11 is 2.93. The van der Waals surface area contributed by atoms with E-state index >= 15 is 0 Å². The molecule has 0 aliphatic rings. The summed E-state index contributed by atoms with van der Waals surface area (Å²) in [6.07, 6.45) is -4.34. The maximum absolute atomic E-state index is 12.1. The summed E-state index contributed by atoms with van der Waals surface area (Å²) < 4.78 is 36.5. The van der Waals surface area contributed by atoms with Crippen LogP contribution >= 0.6 is 15.9 Å². The molecule has 1 aromatic rings. The number of nitrogens with two attached hydrogens (primary N) is 1. The van der Waals surface area contributed by atoms with Gasteiger partial charge < -0.3 is 5.73 Å². The average Bonchev–Trinajstić information content (AvgIpc) is 1.82. The van der Waals surface area contributed by atoms with E-state index < -0.39 is 11.7 Å². The molecule has 1 rings (SSSR count). The Labute approximate surface area is 112 Å². The molecule has 74 valence electrons. The van der Waals surface area contributed by atoms with E-state index in [9.17, 15) is 13.2 Å². The first kappa shape index (κ1) is 13.5. The molecule has 0 aliphatic carbocycles. The molecule has 0 atom stereocenters. The maximum Gasteiger partial charge on any atom is 0.416 e. The summed E-state index contributed by atoms with van der Waals surface area (Å²) in [7, 11) is 0. The van der Waals surface area contributed by atoms with Crippen LogP contribution in [0.25, 0.3) is 0 Å². The molecule has 0 unspecified atom stereocenters. The van der Waals surface area contributed by atoms with Gasteiger partial charge in [0.25, 0.3) is 0 Å². The van der Waals surface area contributed by atoms with Gasteiger partial charge in [0, 0.05) is 47.9 Å². The Balaban J connectivity index is 0.00000144. The van der Waals surface area contributed by atoms with Gasteiger partial charge in [0.05, 0.1) is 5.56 Å². The maximum atomic E-state index is 12.1. The molecule has 0 aliphatic heterocycles. The number of hydrogen-bond donors (Lipinski definition) is 1. The zero-order valence-electron chi connectivity index (χ0n) is 6.17. The summed E-state index contributed by atoms with van der Waals surface area (Å²) in [6.45, 7) is 0. The van der Waals surface area contributed by atoms with Crippen LogP contribution < -0.4 is 5.73 Å². The van der Waals surface area contributed by atoms with Crippen molar-refractivity contribution < 1.29 is 50.9 Å². The van der Waals surface area contributed by atoms with Crippen LogP contribution in [0.5, 0.6) is 0 Å². The molecule has 0 aromatic heterocycles. The van der Waals surface area contributed by atoms with Crippen molar-refractivity contribution in [2.45, 2.75) is 6.18 Å². The third-order valence-corrected chi connectivity index (χ3v) is 1.71. The van der Waals surface area contributed by atoms with Crippen LogP contribution in [0.4, 0.5) is 18.9 Å². The standard InChI is InChI=1S/C7H5BrF3N.Ar/c8-5-1-4(7(9,10)11)2-6(12)3-5;/h1-3H,12H2;. The van der Waals surface area contributed by atoms with Gasteiger partial charge in [-0.2, -0.15) is 13.2 Å². The summed E-state index contributed by atoms with van der Waals surface area (Å²) in [5.41, 5.74) is 4.58. The summed E-state index contributed by atoms with van der Waals surface area (Å²) in [5, 5.41) is 0. The van der Waals surface area contributed by atoms with E-state index in [0.29, 0.717) is 4.47 Å². The van der Waals surface area contributed by atoms with Crippen LogP contribution in [0.2, 0.25) is 0 Å². The fourth-order valence-corrected chi connectivity index (χ4v) is 1.29. The van der Waals surface area contributed by atoms with Crippen LogP contribution in [0.3, 0.4) is 0 Å². The molecular formula is C7H5ArBrF3N. The number of halogens is 4. The molecule has 0 radical (unpaired) electrons. The number of nitrogen functional groups attached to an aromatic ring is 1. The van der Waals surface area contributed by atoms with Gasteiger partial charge >= 0.3 is 6.18 Å². The second kappa shape index (κ2) is 4.87. The molecule has 1 nitrogen and oxygen atoms in total. The minimum atomic E-state index is -4.34. The van der Waals surface area contributed by atoms with E-state index in [4.69, 9.17) is 5.73 Å². The monoisotopic (exact) mass is 279 g/mol. The largest absolute Gasteiger partial charge is 0.416 e. The topological polar surface area (TPSA) is 26.0 Å². The van der Waals surface area contributed by atoms with Crippen LogP contribution in [-0.4, -0.2) is 0 Å². The van der Waals surface area contributed by atoms with E-state index in [1.54, 1.807) is 0 Å². The Hall–Kier alpha value is 0.550. The first-order valence-electron chi connectivity index (χ1n) is 3.03. The molecule has 0 fully saturated rings. The quantitative estimate of drug-likeness (QED) is 0.726. The van der Waals surface area contributed by atoms with Gasteiger partial charge in [-0.05, 0) is 18.2 Å². The van der Waals surface area contributed by atoms with Crippen molar-refractivity contribution in [3.63, 3.8) is 0 Å². The fraction of sp³-hybridized carbons (Fsp3) is 0.143. The fourth-order valence-electron chi connectivity index (χ4n) is 0.776. The first-order chi connectivity index (χ1) is 5.39.